The van der Waals surface area contributed by atoms with E-state index in [4.69, 9.17) is 0 Å². The zero-order chi connectivity index (χ0) is 29.1. The molecular weight excluding hydrogens is 547 g/mol. The third kappa shape index (κ3) is 3.46. The van der Waals surface area contributed by atoms with E-state index in [0.29, 0.717) is 0 Å². The highest BCUT2D eigenvalue weighted by atomic mass is 28.3. The Morgan fingerprint density at radius 1 is 0.341 bits per heavy atom. The van der Waals surface area contributed by atoms with Crippen LogP contribution in [-0.2, 0) is 0 Å². The summed E-state index contributed by atoms with van der Waals surface area (Å²) in [4.78, 5) is 0. The molecule has 206 valence electrons. The number of hydrogen-bond donors (Lipinski definition) is 0. The molecule has 0 N–H and O–H groups in total. The number of fused-ring (bicyclic) bond motifs is 8. The van der Waals surface area contributed by atoms with Crippen LogP contribution in [0.2, 0.25) is 0 Å². The summed E-state index contributed by atoms with van der Waals surface area (Å²) in [6.07, 6.45) is 0. The molecule has 44 heavy (non-hydrogen) atoms. The first-order chi connectivity index (χ1) is 21.9. The van der Waals surface area contributed by atoms with E-state index < -0.39 is 8.07 Å². The zero-order valence-electron chi connectivity index (χ0n) is 24.2. The van der Waals surface area contributed by atoms with Crippen molar-refractivity contribution in [2.24, 2.45) is 0 Å². The molecule has 1 aliphatic heterocycles. The molecule has 0 radical (unpaired) electrons. The Hall–Kier alpha value is -5.44. The van der Waals surface area contributed by atoms with Crippen LogP contribution in [0.4, 0.5) is 0 Å². The van der Waals surface area contributed by atoms with Gasteiger partial charge >= 0.3 is 0 Å². The predicted octanol–water partition coefficient (Wildman–Crippen LogP) is 7.81. The summed E-state index contributed by atoms with van der Waals surface area (Å²) in [5, 5.41) is 8.22. The van der Waals surface area contributed by atoms with Gasteiger partial charge in [0.15, 0.2) is 8.07 Å². The second-order valence-corrected chi connectivity index (χ2v) is 15.4. The highest BCUT2D eigenvalue weighted by molar-refractivity contribution is 7.21. The van der Waals surface area contributed by atoms with Gasteiger partial charge in [-0.2, -0.15) is 0 Å². The van der Waals surface area contributed by atoms with Crippen LogP contribution in [-0.4, -0.2) is 12.6 Å². The van der Waals surface area contributed by atoms with Crippen LogP contribution >= 0.6 is 0 Å². The van der Waals surface area contributed by atoms with Crippen molar-refractivity contribution in [3.05, 3.63) is 176 Å². The van der Waals surface area contributed by atoms with Crippen molar-refractivity contribution in [2.75, 3.05) is 0 Å². The van der Waals surface area contributed by atoms with Gasteiger partial charge in [-0.1, -0.05) is 146 Å². The minimum atomic E-state index is -2.83. The van der Waals surface area contributed by atoms with E-state index in [9.17, 15) is 0 Å². The first kappa shape index (κ1) is 25.1. The van der Waals surface area contributed by atoms with E-state index in [1.165, 1.54) is 70.5 Å². The molecule has 0 fully saturated rings. The molecule has 7 aromatic carbocycles. The standard InChI is InChI=1S/C42H29NSi/c1-4-16-30(17-5-1)43-39-26-14-12-24-35(39)37-28-38-34-23-11-10-22-33(34)36-25-13-15-27-41(36)44(42(38)29-40(37)43,31-18-6-2-7-19-31)32-20-8-3-9-21-32/h1-29H. The molecular formula is C42H29NSi. The van der Waals surface area contributed by atoms with E-state index in [1.54, 1.807) is 0 Å². The zero-order valence-corrected chi connectivity index (χ0v) is 25.2. The maximum Gasteiger partial charge on any atom is 0.180 e. The lowest BCUT2D eigenvalue weighted by molar-refractivity contribution is 1.18. The first-order valence-electron chi connectivity index (χ1n) is 15.3. The normalized spacial score (nSPS) is 13.2. The lowest BCUT2D eigenvalue weighted by Crippen LogP contribution is -2.75. The van der Waals surface area contributed by atoms with Gasteiger partial charge < -0.3 is 4.57 Å². The van der Waals surface area contributed by atoms with Crippen molar-refractivity contribution < 1.29 is 0 Å². The lowest BCUT2D eigenvalue weighted by Gasteiger charge is -2.36. The van der Waals surface area contributed by atoms with Crippen molar-refractivity contribution in [3.8, 4) is 27.9 Å². The Labute approximate surface area is 258 Å². The summed E-state index contributed by atoms with van der Waals surface area (Å²) >= 11 is 0. The molecule has 0 spiro atoms. The number of para-hydroxylation sites is 2. The molecule has 0 aliphatic carbocycles. The van der Waals surface area contributed by atoms with Crippen molar-refractivity contribution in [1.29, 1.82) is 0 Å². The summed E-state index contributed by atoms with van der Waals surface area (Å²) < 4.78 is 2.46. The minimum Gasteiger partial charge on any atom is -0.309 e. The van der Waals surface area contributed by atoms with E-state index in [1.807, 2.05) is 0 Å². The fraction of sp³-hybridized carbons (Fsp3) is 0. The molecule has 1 aliphatic rings. The average molecular weight is 576 g/mol. The van der Waals surface area contributed by atoms with Crippen LogP contribution in [0.1, 0.15) is 0 Å². The molecule has 0 atom stereocenters. The maximum absolute atomic E-state index is 2.83. The van der Waals surface area contributed by atoms with E-state index in [0.717, 1.165) is 0 Å². The Morgan fingerprint density at radius 3 is 1.55 bits per heavy atom. The van der Waals surface area contributed by atoms with Gasteiger partial charge in [0.2, 0.25) is 0 Å². The molecule has 0 bridgehead atoms. The average Bonchev–Trinajstić information content (AvgIpc) is 3.38. The Balaban J connectivity index is 1.56. The summed E-state index contributed by atoms with van der Waals surface area (Å²) in [6.45, 7) is 0. The third-order valence-electron chi connectivity index (χ3n) is 9.48. The number of rotatable bonds is 3. The lowest BCUT2D eigenvalue weighted by atomic mass is 9.94. The van der Waals surface area contributed by atoms with Crippen LogP contribution < -0.4 is 20.7 Å². The quantitative estimate of drug-likeness (QED) is 0.189. The fourth-order valence-electron chi connectivity index (χ4n) is 7.71. The summed E-state index contributed by atoms with van der Waals surface area (Å²) in [5.41, 5.74) is 8.93. The molecule has 9 rings (SSSR count). The molecule has 1 aromatic heterocycles. The molecule has 2 heterocycles. The summed E-state index contributed by atoms with van der Waals surface area (Å²) in [5.74, 6) is 0. The van der Waals surface area contributed by atoms with Gasteiger partial charge in [0.05, 0.1) is 11.0 Å². The van der Waals surface area contributed by atoms with Crippen molar-refractivity contribution >= 4 is 50.6 Å². The first-order valence-corrected chi connectivity index (χ1v) is 17.3. The largest absolute Gasteiger partial charge is 0.309 e. The van der Waals surface area contributed by atoms with Crippen molar-refractivity contribution in [2.45, 2.75) is 0 Å². The van der Waals surface area contributed by atoms with Gasteiger partial charge in [-0.25, -0.2) is 0 Å². The highest BCUT2D eigenvalue weighted by Gasteiger charge is 2.46. The summed E-state index contributed by atoms with van der Waals surface area (Å²) in [7, 11) is -2.83. The van der Waals surface area contributed by atoms with Crippen molar-refractivity contribution in [1.82, 2.24) is 4.57 Å². The predicted molar refractivity (Wildman–Crippen MR) is 189 cm³/mol. The number of hydrogen-bond acceptors (Lipinski definition) is 0. The number of nitrogens with zero attached hydrogens (tertiary/aromatic N) is 1. The third-order valence-corrected chi connectivity index (χ3v) is 14.3. The Morgan fingerprint density at radius 2 is 0.864 bits per heavy atom. The summed E-state index contributed by atoms with van der Waals surface area (Å²) in [6, 6.07) is 65.6. The molecule has 0 saturated carbocycles. The van der Waals surface area contributed by atoms with Gasteiger partial charge in [-0.3, -0.25) is 0 Å². The van der Waals surface area contributed by atoms with Gasteiger partial charge in [-0.05, 0) is 73.3 Å². The molecule has 2 heteroatoms. The van der Waals surface area contributed by atoms with Gasteiger partial charge in [-0.15, -0.1) is 0 Å². The van der Waals surface area contributed by atoms with Gasteiger partial charge in [0.25, 0.3) is 0 Å². The fourth-order valence-corrected chi connectivity index (χ4v) is 12.9. The monoisotopic (exact) mass is 575 g/mol. The van der Waals surface area contributed by atoms with Crippen molar-refractivity contribution in [3.63, 3.8) is 0 Å². The second kappa shape index (κ2) is 9.80. The van der Waals surface area contributed by atoms with Gasteiger partial charge in [0.1, 0.15) is 0 Å². The number of aromatic nitrogens is 1. The molecule has 1 nitrogen and oxygen atoms in total. The Kier molecular flexibility index (Phi) is 5.59. The van der Waals surface area contributed by atoms with E-state index in [2.05, 4.69) is 180 Å². The topological polar surface area (TPSA) is 4.93 Å². The highest BCUT2D eigenvalue weighted by Crippen LogP contribution is 2.40. The van der Waals surface area contributed by atoms with Crippen LogP contribution in [0.5, 0.6) is 0 Å². The van der Waals surface area contributed by atoms with Crippen LogP contribution in [0, 0.1) is 0 Å². The van der Waals surface area contributed by atoms with Gasteiger partial charge in [0, 0.05) is 16.5 Å². The minimum absolute atomic E-state index is 1.18. The van der Waals surface area contributed by atoms with E-state index >= 15 is 0 Å². The van der Waals surface area contributed by atoms with E-state index in [-0.39, 0.29) is 0 Å². The maximum atomic E-state index is 2.56. The molecule has 0 amide bonds. The smallest absolute Gasteiger partial charge is 0.180 e. The molecule has 0 unspecified atom stereocenters. The molecule has 0 saturated heterocycles. The van der Waals surface area contributed by atoms with Crippen LogP contribution in [0.3, 0.4) is 0 Å². The van der Waals surface area contributed by atoms with Crippen LogP contribution in [0.25, 0.3) is 49.7 Å². The van der Waals surface area contributed by atoms with Crippen LogP contribution in [0.15, 0.2) is 176 Å². The molecule has 8 aromatic rings. The SMILES string of the molecule is c1ccc(-n2c3ccccc3c3cc4c(cc32)[Si](c2ccccc2)(c2ccccc2)c2ccccc2-c2ccccc2-4)cc1. The number of benzene rings is 7. The second-order valence-electron chi connectivity index (χ2n) is 11.7. The Bertz CT molecular complexity index is 2280.